The lowest BCUT2D eigenvalue weighted by atomic mass is 10.1. The molecule has 0 saturated carbocycles. The number of nitrogens with zero attached hydrogens (tertiary/aromatic N) is 4. The first-order valence-corrected chi connectivity index (χ1v) is 10.7. The summed E-state index contributed by atoms with van der Waals surface area (Å²) in [6.45, 7) is 1.30. The Morgan fingerprint density at radius 3 is 2.59 bits per heavy atom. The molecule has 5 rings (SSSR count). The number of carbonyl (C=O) groups excluding carboxylic acids is 1. The minimum atomic E-state index is -0.478. The van der Waals surface area contributed by atoms with Crippen LogP contribution < -0.4 is 14.8 Å². The molecule has 0 aliphatic heterocycles. The third kappa shape index (κ3) is 3.84. The van der Waals surface area contributed by atoms with Crippen molar-refractivity contribution in [1.29, 1.82) is 0 Å². The number of nitro benzene ring substituents is 1. The number of hydrogen-bond acceptors (Lipinski definition) is 9. The van der Waals surface area contributed by atoms with Gasteiger partial charge in [0.1, 0.15) is 21.8 Å². The number of hydrogen-bond donors (Lipinski definition) is 0. The molecule has 0 amide bonds. The first-order valence-electron chi connectivity index (χ1n) is 9.93. The van der Waals surface area contributed by atoms with Gasteiger partial charge in [0, 0.05) is 19.1 Å². The molecule has 5 aromatic rings. The van der Waals surface area contributed by atoms with Gasteiger partial charge in [-0.2, -0.15) is 9.50 Å². The number of rotatable bonds is 5. The van der Waals surface area contributed by atoms with E-state index in [-0.39, 0.29) is 11.5 Å². The van der Waals surface area contributed by atoms with Gasteiger partial charge in [0.25, 0.3) is 11.2 Å². The molecule has 0 radical (unpaired) electrons. The van der Waals surface area contributed by atoms with Crippen LogP contribution in [0.25, 0.3) is 33.7 Å². The van der Waals surface area contributed by atoms with Crippen molar-refractivity contribution >= 4 is 34.0 Å². The molecule has 0 N–H and O–H groups in total. The van der Waals surface area contributed by atoms with E-state index in [0.717, 1.165) is 11.3 Å². The number of ether oxygens (including phenoxy) is 1. The summed E-state index contributed by atoms with van der Waals surface area (Å²) in [5.41, 5.74) is 0.354. The number of carbonyl (C=O) groups is 1. The fourth-order valence-electron chi connectivity index (χ4n) is 3.39. The summed E-state index contributed by atoms with van der Waals surface area (Å²) >= 11 is 1.11. The molecule has 0 spiro atoms. The van der Waals surface area contributed by atoms with Crippen LogP contribution in [0.3, 0.4) is 0 Å². The summed E-state index contributed by atoms with van der Waals surface area (Å²) in [4.78, 5) is 39.8. The maximum absolute atomic E-state index is 12.9. The van der Waals surface area contributed by atoms with Gasteiger partial charge in [-0.15, -0.1) is 5.10 Å². The lowest BCUT2D eigenvalue weighted by Crippen LogP contribution is -2.23. The third-order valence-electron chi connectivity index (χ3n) is 4.83. The second kappa shape index (κ2) is 8.37. The summed E-state index contributed by atoms with van der Waals surface area (Å²) in [7, 11) is 0. The van der Waals surface area contributed by atoms with Gasteiger partial charge in [-0.1, -0.05) is 35.6 Å². The Bertz CT molecular complexity index is 1680. The molecular formula is C23H14N4O6S. The van der Waals surface area contributed by atoms with Crippen molar-refractivity contribution in [1.82, 2.24) is 14.6 Å². The molecular weight excluding hydrogens is 460 g/mol. The summed E-state index contributed by atoms with van der Waals surface area (Å²) < 4.78 is 12.5. The number of nitro groups is 1. The Morgan fingerprint density at radius 2 is 1.85 bits per heavy atom. The SMILES string of the molecule is CC(=O)Oc1ccccc1-c1nc2s/c(=C/c3ccc(-c4ccccc4[N+](=O)[O-])o3)c(=O)n2n1. The summed E-state index contributed by atoms with van der Waals surface area (Å²) in [5, 5.41) is 15.6. The number of aromatic nitrogens is 3. The second-order valence-electron chi connectivity index (χ2n) is 7.11. The molecule has 168 valence electrons. The van der Waals surface area contributed by atoms with Gasteiger partial charge < -0.3 is 9.15 Å². The first kappa shape index (κ1) is 21.2. The standard InChI is InChI=1S/C23H14N4O6S/c1-13(28)32-18-9-5-3-7-16(18)21-24-23-26(25-21)22(29)20(34-23)12-14-10-11-19(33-14)15-6-2-4-8-17(15)27(30)31/h2-12H,1H3/b20-12+. The van der Waals surface area contributed by atoms with Gasteiger partial charge in [-0.25, -0.2) is 0 Å². The summed E-state index contributed by atoms with van der Waals surface area (Å²) in [6.07, 6.45) is 1.54. The van der Waals surface area contributed by atoms with Crippen molar-refractivity contribution in [2.24, 2.45) is 0 Å². The van der Waals surface area contributed by atoms with Crippen molar-refractivity contribution in [2.75, 3.05) is 0 Å². The number of furan rings is 1. The van der Waals surface area contributed by atoms with E-state index in [1.807, 2.05) is 0 Å². The molecule has 0 aliphatic rings. The van der Waals surface area contributed by atoms with E-state index >= 15 is 0 Å². The van der Waals surface area contributed by atoms with Crippen LogP contribution in [0.5, 0.6) is 5.75 Å². The number of fused-ring (bicyclic) bond motifs is 1. The summed E-state index contributed by atoms with van der Waals surface area (Å²) in [6, 6.07) is 16.3. The Balaban J connectivity index is 1.52. The highest BCUT2D eigenvalue weighted by Crippen LogP contribution is 2.31. The van der Waals surface area contributed by atoms with Gasteiger partial charge in [-0.05, 0) is 30.3 Å². The highest BCUT2D eigenvalue weighted by Gasteiger charge is 2.18. The lowest BCUT2D eigenvalue weighted by Gasteiger charge is -2.04. The zero-order chi connectivity index (χ0) is 23.8. The topological polar surface area (TPSA) is 130 Å². The Hall–Kier alpha value is -4.64. The van der Waals surface area contributed by atoms with Crippen molar-refractivity contribution in [3.8, 4) is 28.5 Å². The van der Waals surface area contributed by atoms with Gasteiger partial charge in [0.15, 0.2) is 5.82 Å². The number of benzene rings is 2. The van der Waals surface area contributed by atoms with Crippen LogP contribution in [-0.4, -0.2) is 25.5 Å². The molecule has 0 atom stereocenters. The van der Waals surface area contributed by atoms with Crippen LogP contribution in [-0.2, 0) is 4.79 Å². The van der Waals surface area contributed by atoms with Gasteiger partial charge in [0.2, 0.25) is 4.96 Å². The van der Waals surface area contributed by atoms with E-state index in [1.165, 1.54) is 23.6 Å². The Labute approximate surface area is 194 Å². The highest BCUT2D eigenvalue weighted by atomic mass is 32.1. The zero-order valence-corrected chi connectivity index (χ0v) is 18.3. The van der Waals surface area contributed by atoms with Gasteiger partial charge in [0.05, 0.1) is 16.1 Å². The van der Waals surface area contributed by atoms with Crippen LogP contribution in [0.1, 0.15) is 12.7 Å². The van der Waals surface area contributed by atoms with Crippen LogP contribution in [0.4, 0.5) is 5.69 Å². The van der Waals surface area contributed by atoms with E-state index in [0.29, 0.717) is 37.9 Å². The molecule has 2 aromatic carbocycles. The zero-order valence-electron chi connectivity index (χ0n) is 17.5. The fourth-order valence-corrected chi connectivity index (χ4v) is 4.28. The van der Waals surface area contributed by atoms with Crippen molar-refractivity contribution in [2.45, 2.75) is 6.92 Å². The maximum Gasteiger partial charge on any atom is 0.308 e. The number of thiazole rings is 1. The number of para-hydroxylation sites is 2. The molecule has 34 heavy (non-hydrogen) atoms. The molecule has 3 aromatic heterocycles. The first-order chi connectivity index (χ1) is 16.4. The van der Waals surface area contributed by atoms with Crippen LogP contribution in [0.15, 0.2) is 69.9 Å². The van der Waals surface area contributed by atoms with Crippen molar-refractivity contribution in [3.63, 3.8) is 0 Å². The predicted octanol–water partition coefficient (Wildman–Crippen LogP) is 3.46. The number of esters is 1. The van der Waals surface area contributed by atoms with E-state index in [4.69, 9.17) is 9.15 Å². The van der Waals surface area contributed by atoms with Gasteiger partial charge in [-0.3, -0.25) is 19.7 Å². The second-order valence-corrected chi connectivity index (χ2v) is 8.12. The average Bonchev–Trinajstić information content (AvgIpc) is 3.51. The molecule has 0 aliphatic carbocycles. The normalized spacial score (nSPS) is 11.7. The molecule has 11 heteroatoms. The summed E-state index contributed by atoms with van der Waals surface area (Å²) in [5.74, 6) is 0.743. The predicted molar refractivity (Wildman–Crippen MR) is 123 cm³/mol. The Kier molecular flexibility index (Phi) is 5.22. The van der Waals surface area contributed by atoms with Crippen LogP contribution >= 0.6 is 11.3 Å². The van der Waals surface area contributed by atoms with E-state index in [9.17, 15) is 19.7 Å². The maximum atomic E-state index is 12.9. The average molecular weight is 474 g/mol. The van der Waals surface area contributed by atoms with E-state index in [2.05, 4.69) is 10.1 Å². The molecule has 3 heterocycles. The fraction of sp³-hybridized carbons (Fsp3) is 0.0435. The van der Waals surface area contributed by atoms with Gasteiger partial charge >= 0.3 is 5.97 Å². The third-order valence-corrected chi connectivity index (χ3v) is 5.79. The smallest absolute Gasteiger partial charge is 0.308 e. The molecule has 0 unspecified atom stereocenters. The van der Waals surface area contributed by atoms with Crippen molar-refractivity contribution < 1.29 is 18.9 Å². The quantitative estimate of drug-likeness (QED) is 0.164. The monoisotopic (exact) mass is 474 g/mol. The molecule has 10 nitrogen and oxygen atoms in total. The Morgan fingerprint density at radius 1 is 1.12 bits per heavy atom. The van der Waals surface area contributed by atoms with Crippen LogP contribution in [0, 0.1) is 10.1 Å². The minimum absolute atomic E-state index is 0.0757. The van der Waals surface area contributed by atoms with Crippen LogP contribution in [0.2, 0.25) is 0 Å². The van der Waals surface area contributed by atoms with Crippen molar-refractivity contribution in [3.05, 3.63) is 91.4 Å². The lowest BCUT2D eigenvalue weighted by molar-refractivity contribution is -0.384. The molecule has 0 bridgehead atoms. The largest absolute Gasteiger partial charge is 0.456 e. The van der Waals surface area contributed by atoms with E-state index < -0.39 is 16.5 Å². The minimum Gasteiger partial charge on any atom is -0.456 e. The highest BCUT2D eigenvalue weighted by molar-refractivity contribution is 7.15. The van der Waals surface area contributed by atoms with E-state index in [1.54, 1.807) is 54.6 Å². The molecule has 0 saturated heterocycles. The molecule has 0 fully saturated rings.